The van der Waals surface area contributed by atoms with Crippen LogP contribution in [0.3, 0.4) is 0 Å². The Balaban J connectivity index is 1.73. The van der Waals surface area contributed by atoms with Crippen LogP contribution in [0.5, 0.6) is 0 Å². The molecule has 0 unspecified atom stereocenters. The summed E-state index contributed by atoms with van der Waals surface area (Å²) in [7, 11) is 1.85. The number of halogens is 3. The maximum absolute atomic E-state index is 13.3. The van der Waals surface area contributed by atoms with Gasteiger partial charge < -0.3 is 0 Å². The molecule has 0 saturated heterocycles. The summed E-state index contributed by atoms with van der Waals surface area (Å²) in [6, 6.07) is 11.1. The fourth-order valence-corrected chi connectivity index (χ4v) is 2.75. The van der Waals surface area contributed by atoms with Gasteiger partial charge in [-0.05, 0) is 61.2 Å². The van der Waals surface area contributed by atoms with E-state index in [9.17, 15) is 8.78 Å². The summed E-state index contributed by atoms with van der Waals surface area (Å²) in [5.41, 5.74) is 1.54. The van der Waals surface area contributed by atoms with E-state index in [1.54, 1.807) is 22.9 Å². The Morgan fingerprint density at radius 3 is 2.56 bits per heavy atom. The minimum Gasteiger partial charge on any atom is -0.283 e. The molecule has 0 radical (unpaired) electrons. The number of H-pyrrole nitrogens is 1. The molecule has 0 saturated carbocycles. The van der Waals surface area contributed by atoms with Gasteiger partial charge in [0.1, 0.15) is 0 Å². The predicted octanol–water partition coefficient (Wildman–Crippen LogP) is 4.63. The second-order valence-electron chi connectivity index (χ2n) is 5.69. The lowest BCUT2D eigenvalue weighted by Gasteiger charge is -2.17. The van der Waals surface area contributed by atoms with E-state index in [1.807, 2.05) is 24.1 Å². The van der Waals surface area contributed by atoms with E-state index in [0.717, 1.165) is 11.6 Å². The maximum Gasteiger partial charge on any atom is 0.217 e. The summed E-state index contributed by atoms with van der Waals surface area (Å²) in [5.74, 6) is -1.06. The van der Waals surface area contributed by atoms with Crippen molar-refractivity contribution >= 4 is 23.8 Å². The normalized spacial score (nSPS) is 11.2. The van der Waals surface area contributed by atoms with Gasteiger partial charge in [0.2, 0.25) is 4.77 Å². The summed E-state index contributed by atoms with van der Waals surface area (Å²) in [5, 5.41) is 3.78. The van der Waals surface area contributed by atoms with Crippen LogP contribution in [-0.4, -0.2) is 26.7 Å². The van der Waals surface area contributed by atoms with Gasteiger partial charge >= 0.3 is 0 Å². The summed E-state index contributed by atoms with van der Waals surface area (Å²) in [6.45, 7) is 0.868. The summed E-state index contributed by atoms with van der Waals surface area (Å²) in [6.07, 6.45) is 0. The van der Waals surface area contributed by atoms with Crippen molar-refractivity contribution in [3.63, 3.8) is 0 Å². The molecule has 0 spiro atoms. The van der Waals surface area contributed by atoms with Crippen molar-refractivity contribution in [2.24, 2.45) is 0 Å². The molecular weight excluding hydrogens is 366 g/mol. The second-order valence-corrected chi connectivity index (χ2v) is 6.50. The monoisotopic (exact) mass is 380 g/mol. The van der Waals surface area contributed by atoms with E-state index >= 15 is 0 Å². The molecule has 25 heavy (non-hydrogen) atoms. The fourth-order valence-electron chi connectivity index (χ4n) is 2.43. The van der Waals surface area contributed by atoms with Crippen molar-refractivity contribution in [1.82, 2.24) is 19.7 Å². The molecule has 0 aliphatic carbocycles. The molecule has 1 N–H and O–H groups in total. The number of aromatic nitrogens is 3. The first-order valence-electron chi connectivity index (χ1n) is 7.47. The minimum absolute atomic E-state index is 0.405. The minimum atomic E-state index is -0.853. The first-order valence-corrected chi connectivity index (χ1v) is 8.26. The van der Waals surface area contributed by atoms with Gasteiger partial charge in [0.15, 0.2) is 17.5 Å². The zero-order valence-electron chi connectivity index (χ0n) is 13.3. The highest BCUT2D eigenvalue weighted by molar-refractivity contribution is 7.71. The summed E-state index contributed by atoms with van der Waals surface area (Å²) < 4.78 is 28.4. The molecule has 0 atom stereocenters. The van der Waals surface area contributed by atoms with E-state index < -0.39 is 11.6 Å². The molecule has 3 aromatic rings. The van der Waals surface area contributed by atoms with Crippen LogP contribution < -0.4 is 0 Å². The van der Waals surface area contributed by atoms with Crippen LogP contribution in [0.15, 0.2) is 42.5 Å². The van der Waals surface area contributed by atoms with E-state index in [1.165, 1.54) is 6.07 Å². The number of nitrogens with one attached hydrogen (secondary N) is 1. The first-order chi connectivity index (χ1) is 11.9. The van der Waals surface area contributed by atoms with Gasteiger partial charge in [-0.25, -0.2) is 13.5 Å². The molecule has 3 rings (SSSR count). The molecule has 0 fully saturated rings. The largest absolute Gasteiger partial charge is 0.283 e. The zero-order chi connectivity index (χ0) is 18.0. The Morgan fingerprint density at radius 2 is 1.88 bits per heavy atom. The van der Waals surface area contributed by atoms with Crippen LogP contribution >= 0.6 is 23.8 Å². The van der Waals surface area contributed by atoms with Crippen LogP contribution in [0.1, 0.15) is 5.56 Å². The highest BCUT2D eigenvalue weighted by Gasteiger charge is 2.09. The van der Waals surface area contributed by atoms with Crippen LogP contribution in [0.25, 0.3) is 11.4 Å². The lowest BCUT2D eigenvalue weighted by molar-refractivity contribution is 0.244. The summed E-state index contributed by atoms with van der Waals surface area (Å²) >= 11 is 11.2. The average Bonchev–Trinajstić information content (AvgIpc) is 2.92. The Bertz CT molecular complexity index is 937. The Labute approximate surface area is 153 Å². The van der Waals surface area contributed by atoms with Crippen LogP contribution in [-0.2, 0) is 13.2 Å². The number of aromatic amines is 1. The Hall–Kier alpha value is -2.09. The van der Waals surface area contributed by atoms with E-state index in [0.29, 0.717) is 34.4 Å². The number of hydrogen-bond acceptors (Lipinski definition) is 3. The maximum atomic E-state index is 13.3. The number of hydrogen-bond donors (Lipinski definition) is 1. The fraction of sp³-hybridized carbons (Fsp3) is 0.176. The Morgan fingerprint density at radius 1 is 1.16 bits per heavy atom. The van der Waals surface area contributed by atoms with Crippen molar-refractivity contribution in [3.05, 3.63) is 69.5 Å². The predicted molar refractivity (Wildman–Crippen MR) is 95.7 cm³/mol. The molecule has 130 valence electrons. The number of nitrogens with zero attached hydrogens (tertiary/aromatic N) is 3. The number of rotatable bonds is 5. The van der Waals surface area contributed by atoms with Gasteiger partial charge in [0, 0.05) is 17.1 Å². The molecular formula is C17H15ClF2N4S. The lowest BCUT2D eigenvalue weighted by Crippen LogP contribution is -2.22. The van der Waals surface area contributed by atoms with Gasteiger partial charge in [-0.1, -0.05) is 17.7 Å². The van der Waals surface area contributed by atoms with Crippen LogP contribution in [0.4, 0.5) is 8.78 Å². The van der Waals surface area contributed by atoms with E-state index in [4.69, 9.17) is 23.8 Å². The SMILES string of the molecule is CN(Cc1ccc(F)c(F)c1)Cn1[nH]c(-c2ccc(Cl)cc2)nc1=S. The van der Waals surface area contributed by atoms with E-state index in [-0.39, 0.29) is 0 Å². The standard InChI is InChI=1S/C17H15ClF2N4S/c1-23(9-11-2-7-14(19)15(20)8-11)10-24-17(25)21-16(22-24)12-3-5-13(18)6-4-12/h2-8H,9-10H2,1H3,(H,21,22,25). The van der Waals surface area contributed by atoms with Crippen LogP contribution in [0, 0.1) is 16.4 Å². The third-order valence-corrected chi connectivity index (χ3v) is 4.18. The topological polar surface area (TPSA) is 36.9 Å². The number of benzene rings is 2. The summed E-state index contributed by atoms with van der Waals surface area (Å²) in [4.78, 5) is 6.25. The average molecular weight is 381 g/mol. The molecule has 0 amide bonds. The highest BCUT2D eigenvalue weighted by Crippen LogP contribution is 2.18. The van der Waals surface area contributed by atoms with Crippen molar-refractivity contribution in [1.29, 1.82) is 0 Å². The van der Waals surface area contributed by atoms with Crippen molar-refractivity contribution in [2.75, 3.05) is 7.05 Å². The van der Waals surface area contributed by atoms with Crippen molar-refractivity contribution < 1.29 is 8.78 Å². The quantitative estimate of drug-likeness (QED) is 0.656. The van der Waals surface area contributed by atoms with Gasteiger partial charge in [-0.2, -0.15) is 4.98 Å². The van der Waals surface area contributed by atoms with E-state index in [2.05, 4.69) is 10.1 Å². The first kappa shape index (κ1) is 17.7. The molecule has 4 nitrogen and oxygen atoms in total. The zero-order valence-corrected chi connectivity index (χ0v) is 14.9. The van der Waals surface area contributed by atoms with Crippen molar-refractivity contribution in [3.8, 4) is 11.4 Å². The van der Waals surface area contributed by atoms with Gasteiger partial charge in [-0.3, -0.25) is 10.00 Å². The molecule has 0 aliphatic heterocycles. The van der Waals surface area contributed by atoms with Gasteiger partial charge in [0.05, 0.1) is 6.67 Å². The van der Waals surface area contributed by atoms with Gasteiger partial charge in [-0.15, -0.1) is 0 Å². The Kier molecular flexibility index (Phi) is 5.27. The smallest absolute Gasteiger partial charge is 0.217 e. The highest BCUT2D eigenvalue weighted by atomic mass is 35.5. The van der Waals surface area contributed by atoms with Gasteiger partial charge in [0.25, 0.3) is 0 Å². The molecule has 0 aliphatic rings. The molecule has 1 heterocycles. The third kappa shape index (κ3) is 4.31. The lowest BCUT2D eigenvalue weighted by atomic mass is 10.2. The second kappa shape index (κ2) is 7.43. The van der Waals surface area contributed by atoms with Crippen LogP contribution in [0.2, 0.25) is 5.02 Å². The van der Waals surface area contributed by atoms with Crippen molar-refractivity contribution in [2.45, 2.75) is 13.2 Å². The molecule has 1 aromatic heterocycles. The third-order valence-electron chi connectivity index (χ3n) is 3.62. The molecule has 8 heteroatoms. The molecule has 0 bridgehead atoms. The molecule has 2 aromatic carbocycles.